The molecule has 1 saturated carbocycles. The topological polar surface area (TPSA) is 88.4 Å². The number of hydrogen-bond donors (Lipinski definition) is 1. The van der Waals surface area contributed by atoms with E-state index >= 15 is 0 Å². The van der Waals surface area contributed by atoms with E-state index in [1.165, 1.54) is 0 Å². The zero-order valence-corrected chi connectivity index (χ0v) is 17.2. The third-order valence-corrected chi connectivity index (χ3v) is 5.86. The Hall–Kier alpha value is -2.57. The molecule has 1 aromatic carbocycles. The van der Waals surface area contributed by atoms with Crippen LogP contribution in [0.25, 0.3) is 0 Å². The van der Waals surface area contributed by atoms with Gasteiger partial charge in [0.25, 0.3) is 0 Å². The largest absolute Gasteiger partial charge is 0.493 e. The number of fused-ring (bicyclic) bond motifs is 1. The van der Waals surface area contributed by atoms with Crippen molar-refractivity contribution in [3.05, 3.63) is 23.8 Å². The van der Waals surface area contributed by atoms with Crippen molar-refractivity contribution in [2.45, 2.75) is 51.4 Å². The second-order valence-corrected chi connectivity index (χ2v) is 7.72. The lowest BCUT2D eigenvalue weighted by molar-refractivity contribution is -0.139. The van der Waals surface area contributed by atoms with Gasteiger partial charge in [-0.3, -0.25) is 9.59 Å². The molecule has 1 aliphatic heterocycles. The summed E-state index contributed by atoms with van der Waals surface area (Å²) in [6.45, 7) is 0.526. The van der Waals surface area contributed by atoms with Gasteiger partial charge in [-0.2, -0.15) is 5.10 Å². The molecule has 0 bridgehead atoms. The van der Waals surface area contributed by atoms with E-state index in [0.717, 1.165) is 49.8 Å². The van der Waals surface area contributed by atoms with Crippen LogP contribution in [0.15, 0.2) is 23.3 Å². The molecule has 1 fully saturated rings. The Morgan fingerprint density at radius 1 is 1.10 bits per heavy atom. The Balaban J connectivity index is 1.82. The van der Waals surface area contributed by atoms with Crippen molar-refractivity contribution in [1.29, 1.82) is 0 Å². The van der Waals surface area contributed by atoms with Crippen molar-refractivity contribution in [1.82, 2.24) is 5.01 Å². The van der Waals surface area contributed by atoms with E-state index in [4.69, 9.17) is 19.7 Å². The predicted molar refractivity (Wildman–Crippen MR) is 109 cm³/mol. The Morgan fingerprint density at radius 3 is 2.52 bits per heavy atom. The summed E-state index contributed by atoms with van der Waals surface area (Å²) in [4.78, 5) is 23.7. The highest BCUT2D eigenvalue weighted by atomic mass is 16.5. The lowest BCUT2D eigenvalue weighted by Crippen LogP contribution is -2.46. The molecule has 2 atom stereocenters. The Bertz CT molecular complexity index is 776. The number of unbranched alkanes of at least 4 members (excludes halogenated alkanes) is 2. The first kappa shape index (κ1) is 21.1. The minimum atomic E-state index is -0.780. The van der Waals surface area contributed by atoms with Crippen LogP contribution in [0.2, 0.25) is 0 Å². The second-order valence-electron chi connectivity index (χ2n) is 7.72. The second kappa shape index (κ2) is 9.76. The molecule has 7 nitrogen and oxygen atoms in total. The molecule has 1 heterocycles. The summed E-state index contributed by atoms with van der Waals surface area (Å²) in [6, 6.07) is 5.79. The molecule has 7 heteroatoms. The zero-order chi connectivity index (χ0) is 20.8. The number of carboxylic acids is 1. The molecule has 1 aromatic rings. The number of hydrazone groups is 1. The third-order valence-electron chi connectivity index (χ3n) is 5.86. The average Bonchev–Trinajstić information content (AvgIpc) is 2.74. The summed E-state index contributed by atoms with van der Waals surface area (Å²) < 4.78 is 10.8. The molecule has 3 rings (SSSR count). The average molecular weight is 402 g/mol. The molecule has 0 spiro atoms. The Morgan fingerprint density at radius 2 is 1.83 bits per heavy atom. The van der Waals surface area contributed by atoms with Crippen LogP contribution in [0.3, 0.4) is 0 Å². The molecular formula is C22H30N2O5. The molecule has 2 unspecified atom stereocenters. The maximum atomic E-state index is 13.0. The molecule has 1 amide bonds. The summed E-state index contributed by atoms with van der Waals surface area (Å²) in [5, 5.41) is 15.1. The van der Waals surface area contributed by atoms with E-state index in [0.29, 0.717) is 24.5 Å². The number of amides is 1. The smallest absolute Gasteiger partial charge is 0.303 e. The lowest BCUT2D eigenvalue weighted by Gasteiger charge is -2.38. The van der Waals surface area contributed by atoms with Crippen LogP contribution < -0.4 is 9.47 Å². The number of carbonyl (C=O) groups excluding carboxylic acids is 1. The highest BCUT2D eigenvalue weighted by Gasteiger charge is 2.41. The van der Waals surface area contributed by atoms with Gasteiger partial charge < -0.3 is 14.6 Å². The van der Waals surface area contributed by atoms with Gasteiger partial charge in [0.2, 0.25) is 5.91 Å². The van der Waals surface area contributed by atoms with Gasteiger partial charge in [0.15, 0.2) is 11.5 Å². The van der Waals surface area contributed by atoms with Crippen LogP contribution in [-0.2, 0) is 9.59 Å². The molecule has 29 heavy (non-hydrogen) atoms. The van der Waals surface area contributed by atoms with Gasteiger partial charge in [-0.1, -0.05) is 19.3 Å². The van der Waals surface area contributed by atoms with Crippen molar-refractivity contribution in [3.8, 4) is 11.5 Å². The molecule has 0 saturated heterocycles. The first-order chi connectivity index (χ1) is 14.0. The number of benzene rings is 1. The van der Waals surface area contributed by atoms with Crippen LogP contribution in [0.4, 0.5) is 0 Å². The van der Waals surface area contributed by atoms with E-state index < -0.39 is 5.97 Å². The van der Waals surface area contributed by atoms with Crippen molar-refractivity contribution in [2.24, 2.45) is 16.9 Å². The number of rotatable bonds is 9. The predicted octanol–water partition coefficient (Wildman–Crippen LogP) is 3.70. The summed E-state index contributed by atoms with van der Waals surface area (Å²) >= 11 is 0. The molecule has 1 N–H and O–H groups in total. The van der Waals surface area contributed by atoms with E-state index in [1.807, 2.05) is 18.2 Å². The highest BCUT2D eigenvalue weighted by Crippen LogP contribution is 2.39. The van der Waals surface area contributed by atoms with Gasteiger partial charge >= 0.3 is 5.97 Å². The van der Waals surface area contributed by atoms with Gasteiger partial charge in [-0.25, -0.2) is 5.01 Å². The number of nitrogens with zero attached hydrogens (tertiary/aromatic N) is 2. The quantitative estimate of drug-likeness (QED) is 0.636. The Kier molecular flexibility index (Phi) is 7.12. The van der Waals surface area contributed by atoms with Crippen LogP contribution >= 0.6 is 0 Å². The summed E-state index contributed by atoms with van der Waals surface area (Å²) in [5.74, 6) is 0.757. The number of hydrogen-bond acceptors (Lipinski definition) is 5. The number of ether oxygens (including phenoxy) is 2. The van der Waals surface area contributed by atoms with Crippen LogP contribution in [-0.4, -0.2) is 48.5 Å². The first-order valence-corrected chi connectivity index (χ1v) is 10.4. The maximum Gasteiger partial charge on any atom is 0.303 e. The van der Waals surface area contributed by atoms with Gasteiger partial charge in [0.1, 0.15) is 0 Å². The van der Waals surface area contributed by atoms with Crippen LogP contribution in [0.1, 0.15) is 56.9 Å². The van der Waals surface area contributed by atoms with Gasteiger partial charge in [0.05, 0.1) is 19.9 Å². The third kappa shape index (κ3) is 4.89. The van der Waals surface area contributed by atoms with Crippen LogP contribution in [0.5, 0.6) is 11.5 Å². The number of methoxy groups -OCH3 is 2. The van der Waals surface area contributed by atoms with Crippen LogP contribution in [0, 0.1) is 11.8 Å². The van der Waals surface area contributed by atoms with E-state index in [1.54, 1.807) is 19.2 Å². The van der Waals surface area contributed by atoms with Crippen molar-refractivity contribution in [3.63, 3.8) is 0 Å². The molecule has 2 aliphatic rings. The fraction of sp³-hybridized carbons (Fsp3) is 0.591. The standard InChI is InChI=1S/C22H30N2O5/c1-28-18-12-11-15(14-19(18)29-2)21-16-8-5-6-9-17(16)22(27)24(23-21)13-7-3-4-10-20(25)26/h11-12,14,16-17H,3-10,13H2,1-2H3,(H,25,26). The molecule has 0 aromatic heterocycles. The summed E-state index contributed by atoms with van der Waals surface area (Å²) in [6.07, 6.45) is 6.34. The zero-order valence-electron chi connectivity index (χ0n) is 17.2. The minimum Gasteiger partial charge on any atom is -0.493 e. The SMILES string of the molecule is COc1ccc(C2=NN(CCCCCC(=O)O)C(=O)C3CCCCC23)cc1OC. The van der Waals surface area contributed by atoms with Crippen molar-refractivity contribution in [2.75, 3.05) is 20.8 Å². The number of carboxylic acid groups (broad SMARTS) is 1. The van der Waals surface area contributed by atoms with Crippen molar-refractivity contribution >= 4 is 17.6 Å². The maximum absolute atomic E-state index is 13.0. The first-order valence-electron chi connectivity index (χ1n) is 10.4. The minimum absolute atomic E-state index is 0.0247. The van der Waals surface area contributed by atoms with Crippen molar-refractivity contribution < 1.29 is 24.2 Å². The molecule has 1 aliphatic carbocycles. The van der Waals surface area contributed by atoms with E-state index in [2.05, 4.69) is 0 Å². The van der Waals surface area contributed by atoms with E-state index in [9.17, 15) is 9.59 Å². The van der Waals surface area contributed by atoms with Gasteiger partial charge in [0, 0.05) is 30.4 Å². The Labute approximate surface area is 171 Å². The fourth-order valence-corrected chi connectivity index (χ4v) is 4.34. The molecule has 0 radical (unpaired) electrons. The highest BCUT2D eigenvalue weighted by molar-refractivity contribution is 6.07. The molecular weight excluding hydrogens is 372 g/mol. The van der Waals surface area contributed by atoms with Gasteiger partial charge in [-0.05, 0) is 43.9 Å². The fourth-order valence-electron chi connectivity index (χ4n) is 4.34. The number of aliphatic carboxylic acids is 1. The number of carbonyl (C=O) groups is 2. The van der Waals surface area contributed by atoms with E-state index in [-0.39, 0.29) is 24.2 Å². The lowest BCUT2D eigenvalue weighted by atomic mass is 9.73. The normalized spacial score (nSPS) is 21.4. The summed E-state index contributed by atoms with van der Waals surface area (Å²) in [5.41, 5.74) is 1.91. The van der Waals surface area contributed by atoms with Gasteiger partial charge in [-0.15, -0.1) is 0 Å². The summed E-state index contributed by atoms with van der Waals surface area (Å²) in [7, 11) is 3.22. The monoisotopic (exact) mass is 402 g/mol. The molecule has 158 valence electrons.